The molecule has 0 atom stereocenters. The van der Waals surface area contributed by atoms with Gasteiger partial charge in [0.2, 0.25) is 0 Å². The van der Waals surface area contributed by atoms with Crippen LogP contribution in [0.5, 0.6) is 0 Å². The smallest absolute Gasteiger partial charge is 0.254 e. The van der Waals surface area contributed by atoms with Gasteiger partial charge in [0.25, 0.3) is 5.91 Å². The average Bonchev–Trinajstić information content (AvgIpc) is 2.58. The zero-order chi connectivity index (χ0) is 12.6. The second-order valence-corrected chi connectivity index (χ2v) is 5.72. The third-order valence-corrected chi connectivity index (χ3v) is 3.45. The largest absolute Gasteiger partial charge is 0.399 e. The van der Waals surface area contributed by atoms with Crippen molar-refractivity contribution in [2.24, 2.45) is 5.41 Å². The summed E-state index contributed by atoms with van der Waals surface area (Å²) in [4.78, 5) is 14.3. The van der Waals surface area contributed by atoms with Crippen molar-refractivity contribution < 1.29 is 4.79 Å². The maximum absolute atomic E-state index is 12.4. The number of benzene rings is 1. The highest BCUT2D eigenvalue weighted by Crippen LogP contribution is 2.30. The molecule has 92 valence electrons. The van der Waals surface area contributed by atoms with Crippen LogP contribution in [-0.4, -0.2) is 23.9 Å². The van der Waals surface area contributed by atoms with Gasteiger partial charge in [0, 0.05) is 24.3 Å². The number of likely N-dealkylation sites (tertiary alicyclic amines) is 1. The molecule has 1 aliphatic rings. The van der Waals surface area contributed by atoms with Crippen LogP contribution in [0.4, 0.5) is 5.69 Å². The van der Waals surface area contributed by atoms with E-state index in [0.717, 1.165) is 30.6 Å². The Morgan fingerprint density at radius 1 is 1.41 bits per heavy atom. The van der Waals surface area contributed by atoms with E-state index in [1.54, 1.807) is 6.07 Å². The first-order valence-corrected chi connectivity index (χ1v) is 6.04. The number of hydrogen-bond acceptors (Lipinski definition) is 2. The van der Waals surface area contributed by atoms with Crippen LogP contribution in [0, 0.1) is 12.3 Å². The molecule has 2 rings (SSSR count). The number of rotatable bonds is 1. The lowest BCUT2D eigenvalue weighted by atomic mass is 9.93. The van der Waals surface area contributed by atoms with Crippen molar-refractivity contribution >= 4 is 11.6 Å². The van der Waals surface area contributed by atoms with Gasteiger partial charge < -0.3 is 10.6 Å². The molecule has 1 aliphatic heterocycles. The van der Waals surface area contributed by atoms with Gasteiger partial charge in [-0.1, -0.05) is 13.8 Å². The normalized spacial score (nSPS) is 18.4. The van der Waals surface area contributed by atoms with E-state index in [4.69, 9.17) is 5.73 Å². The Kier molecular flexibility index (Phi) is 2.86. The van der Waals surface area contributed by atoms with Gasteiger partial charge in [0.15, 0.2) is 0 Å². The number of anilines is 1. The molecule has 0 saturated carbocycles. The molecule has 0 aromatic heterocycles. The van der Waals surface area contributed by atoms with Gasteiger partial charge in [-0.05, 0) is 42.5 Å². The summed E-state index contributed by atoms with van der Waals surface area (Å²) in [6, 6.07) is 5.48. The van der Waals surface area contributed by atoms with E-state index in [1.165, 1.54) is 0 Å². The molecule has 17 heavy (non-hydrogen) atoms. The highest BCUT2D eigenvalue weighted by atomic mass is 16.2. The van der Waals surface area contributed by atoms with Crippen molar-refractivity contribution in [3.8, 4) is 0 Å². The standard InChI is InChI=1S/C14H20N2O/c1-10-8-11(15)4-5-12(10)13(17)16-7-6-14(2,3)9-16/h4-5,8H,6-7,9,15H2,1-3H3. The minimum Gasteiger partial charge on any atom is -0.399 e. The van der Waals surface area contributed by atoms with Gasteiger partial charge in [-0.2, -0.15) is 0 Å². The van der Waals surface area contributed by atoms with Crippen LogP contribution >= 0.6 is 0 Å². The molecule has 0 unspecified atom stereocenters. The average molecular weight is 232 g/mol. The molecule has 1 fully saturated rings. The zero-order valence-electron chi connectivity index (χ0n) is 10.8. The van der Waals surface area contributed by atoms with E-state index in [9.17, 15) is 4.79 Å². The van der Waals surface area contributed by atoms with E-state index in [2.05, 4.69) is 13.8 Å². The molecule has 0 radical (unpaired) electrons. The number of carbonyl (C=O) groups excluding carboxylic acids is 1. The Labute approximate surface area is 103 Å². The first-order chi connectivity index (χ1) is 7.89. The number of hydrogen-bond donors (Lipinski definition) is 1. The van der Waals surface area contributed by atoms with Crippen LogP contribution < -0.4 is 5.73 Å². The predicted molar refractivity (Wildman–Crippen MR) is 69.9 cm³/mol. The van der Waals surface area contributed by atoms with Crippen LogP contribution in [-0.2, 0) is 0 Å². The summed E-state index contributed by atoms with van der Waals surface area (Å²) in [7, 11) is 0. The summed E-state index contributed by atoms with van der Waals surface area (Å²) in [5.41, 5.74) is 8.39. The molecular weight excluding hydrogens is 212 g/mol. The van der Waals surface area contributed by atoms with E-state index in [-0.39, 0.29) is 11.3 Å². The Morgan fingerprint density at radius 3 is 2.65 bits per heavy atom. The summed E-state index contributed by atoms with van der Waals surface area (Å²) in [5.74, 6) is 0.132. The summed E-state index contributed by atoms with van der Waals surface area (Å²) in [5, 5.41) is 0. The number of amides is 1. The summed E-state index contributed by atoms with van der Waals surface area (Å²) >= 11 is 0. The third-order valence-electron chi connectivity index (χ3n) is 3.45. The van der Waals surface area contributed by atoms with Gasteiger partial charge in [-0.15, -0.1) is 0 Å². The zero-order valence-corrected chi connectivity index (χ0v) is 10.8. The van der Waals surface area contributed by atoms with Crippen LogP contribution in [0.25, 0.3) is 0 Å². The van der Waals surface area contributed by atoms with Gasteiger partial charge in [-0.25, -0.2) is 0 Å². The fraction of sp³-hybridized carbons (Fsp3) is 0.500. The second-order valence-electron chi connectivity index (χ2n) is 5.72. The maximum atomic E-state index is 12.4. The topological polar surface area (TPSA) is 46.3 Å². The van der Waals surface area contributed by atoms with E-state index < -0.39 is 0 Å². The molecule has 0 aliphatic carbocycles. The maximum Gasteiger partial charge on any atom is 0.254 e. The fourth-order valence-corrected chi connectivity index (χ4v) is 2.38. The number of nitrogens with zero attached hydrogens (tertiary/aromatic N) is 1. The summed E-state index contributed by atoms with van der Waals surface area (Å²) < 4.78 is 0. The molecule has 1 aromatic carbocycles. The SMILES string of the molecule is Cc1cc(N)ccc1C(=O)N1CCC(C)(C)C1. The Balaban J connectivity index is 2.21. The van der Waals surface area contributed by atoms with Crippen molar-refractivity contribution in [1.29, 1.82) is 0 Å². The highest BCUT2D eigenvalue weighted by molar-refractivity contribution is 5.96. The van der Waals surface area contributed by atoms with Crippen LogP contribution in [0.2, 0.25) is 0 Å². The lowest BCUT2D eigenvalue weighted by Crippen LogP contribution is -2.30. The monoisotopic (exact) mass is 232 g/mol. The summed E-state index contributed by atoms with van der Waals surface area (Å²) in [6.45, 7) is 8.04. The van der Waals surface area contributed by atoms with Crippen molar-refractivity contribution in [3.63, 3.8) is 0 Å². The number of nitrogens with two attached hydrogens (primary N) is 1. The number of aryl methyl sites for hydroxylation is 1. The molecule has 0 spiro atoms. The first-order valence-electron chi connectivity index (χ1n) is 6.04. The van der Waals surface area contributed by atoms with Gasteiger partial charge in [0.05, 0.1) is 0 Å². The Bertz CT molecular complexity index is 452. The lowest BCUT2D eigenvalue weighted by Gasteiger charge is -2.20. The van der Waals surface area contributed by atoms with Crippen molar-refractivity contribution in [2.45, 2.75) is 27.2 Å². The molecule has 1 saturated heterocycles. The van der Waals surface area contributed by atoms with Crippen LogP contribution in [0.1, 0.15) is 36.2 Å². The fourth-order valence-electron chi connectivity index (χ4n) is 2.38. The van der Waals surface area contributed by atoms with Gasteiger partial charge >= 0.3 is 0 Å². The molecule has 1 aromatic rings. The summed E-state index contributed by atoms with van der Waals surface area (Å²) in [6.07, 6.45) is 1.08. The Hall–Kier alpha value is -1.51. The van der Waals surface area contributed by atoms with Crippen molar-refractivity contribution in [2.75, 3.05) is 18.8 Å². The molecule has 0 bridgehead atoms. The minimum absolute atomic E-state index is 0.132. The van der Waals surface area contributed by atoms with E-state index in [0.29, 0.717) is 5.69 Å². The van der Waals surface area contributed by atoms with E-state index in [1.807, 2.05) is 24.0 Å². The first kappa shape index (κ1) is 12.0. The molecule has 3 nitrogen and oxygen atoms in total. The highest BCUT2D eigenvalue weighted by Gasteiger charge is 2.32. The molecule has 3 heteroatoms. The molecule has 2 N–H and O–H groups in total. The van der Waals surface area contributed by atoms with Crippen molar-refractivity contribution in [1.82, 2.24) is 4.90 Å². The quantitative estimate of drug-likeness (QED) is 0.756. The van der Waals surface area contributed by atoms with E-state index >= 15 is 0 Å². The molecule has 1 heterocycles. The predicted octanol–water partition coefficient (Wildman–Crippen LogP) is 2.45. The Morgan fingerprint density at radius 2 is 2.12 bits per heavy atom. The molecular formula is C14H20N2O. The number of nitrogen functional groups attached to an aromatic ring is 1. The second kappa shape index (κ2) is 4.06. The van der Waals surface area contributed by atoms with Gasteiger partial charge in [0.1, 0.15) is 0 Å². The third kappa shape index (κ3) is 2.43. The molecule has 1 amide bonds. The number of carbonyl (C=O) groups is 1. The van der Waals surface area contributed by atoms with Crippen LogP contribution in [0.3, 0.4) is 0 Å². The van der Waals surface area contributed by atoms with Crippen LogP contribution in [0.15, 0.2) is 18.2 Å². The van der Waals surface area contributed by atoms with Crippen molar-refractivity contribution in [3.05, 3.63) is 29.3 Å². The minimum atomic E-state index is 0.132. The lowest BCUT2D eigenvalue weighted by molar-refractivity contribution is 0.0777. The van der Waals surface area contributed by atoms with Gasteiger partial charge in [-0.3, -0.25) is 4.79 Å².